The van der Waals surface area contributed by atoms with Gasteiger partial charge in [0.2, 0.25) is 0 Å². The van der Waals surface area contributed by atoms with E-state index in [4.69, 9.17) is 0 Å². The minimum absolute atomic E-state index is 0.0787. The Morgan fingerprint density at radius 1 is 1.44 bits per heavy atom. The number of rotatable bonds is 4. The summed E-state index contributed by atoms with van der Waals surface area (Å²) in [7, 11) is -1.65. The molecule has 0 aliphatic heterocycles. The lowest BCUT2D eigenvalue weighted by Crippen LogP contribution is -2.31. The van der Waals surface area contributed by atoms with Crippen LogP contribution in [0.1, 0.15) is 10.4 Å². The SMILES string of the molecule is CN(CCS(C)(=O)=O)C(=O)c1ccc(Br)c(F)c1. The second kappa shape index (κ2) is 5.79. The number of hydrogen-bond donors (Lipinski definition) is 0. The van der Waals surface area contributed by atoms with Gasteiger partial charge in [-0.05, 0) is 34.1 Å². The highest BCUT2D eigenvalue weighted by atomic mass is 79.9. The summed E-state index contributed by atoms with van der Waals surface area (Å²) < 4.78 is 35.5. The Hall–Kier alpha value is -0.950. The van der Waals surface area contributed by atoms with Crippen LogP contribution in [0.4, 0.5) is 4.39 Å². The Morgan fingerprint density at radius 3 is 2.56 bits per heavy atom. The largest absolute Gasteiger partial charge is 0.341 e. The molecule has 7 heteroatoms. The number of halogens is 2. The zero-order chi connectivity index (χ0) is 13.9. The van der Waals surface area contributed by atoms with Crippen molar-refractivity contribution >= 4 is 31.7 Å². The zero-order valence-electron chi connectivity index (χ0n) is 9.98. The van der Waals surface area contributed by atoms with Crippen molar-refractivity contribution in [3.05, 3.63) is 34.1 Å². The monoisotopic (exact) mass is 337 g/mol. The molecule has 100 valence electrons. The van der Waals surface area contributed by atoms with Crippen LogP contribution in [0.3, 0.4) is 0 Å². The standard InChI is InChI=1S/C11H13BrFNO3S/c1-14(5-6-18(2,16)17)11(15)8-3-4-9(12)10(13)7-8/h3-4,7H,5-6H2,1-2H3. The quantitative estimate of drug-likeness (QED) is 0.840. The summed E-state index contributed by atoms with van der Waals surface area (Å²) in [5, 5.41) is 0. The Morgan fingerprint density at radius 2 is 2.06 bits per heavy atom. The molecular formula is C11H13BrFNO3S. The Balaban J connectivity index is 2.77. The van der Waals surface area contributed by atoms with E-state index in [1.165, 1.54) is 24.1 Å². The molecule has 0 unspecified atom stereocenters. The summed E-state index contributed by atoms with van der Waals surface area (Å²) >= 11 is 2.99. The topological polar surface area (TPSA) is 54.5 Å². The van der Waals surface area contributed by atoms with Crippen LogP contribution >= 0.6 is 15.9 Å². The Labute approximate surface area is 114 Å². The van der Waals surface area contributed by atoms with E-state index < -0.39 is 21.6 Å². The number of carbonyl (C=O) groups is 1. The van der Waals surface area contributed by atoms with Crippen molar-refractivity contribution < 1.29 is 17.6 Å². The molecular weight excluding hydrogens is 325 g/mol. The van der Waals surface area contributed by atoms with E-state index in [1.807, 2.05) is 0 Å². The fourth-order valence-corrected chi connectivity index (χ4v) is 2.11. The van der Waals surface area contributed by atoms with Crippen molar-refractivity contribution in [1.29, 1.82) is 0 Å². The zero-order valence-corrected chi connectivity index (χ0v) is 12.4. The van der Waals surface area contributed by atoms with Crippen LogP contribution in [-0.4, -0.2) is 44.8 Å². The average molecular weight is 338 g/mol. The average Bonchev–Trinajstić information content (AvgIpc) is 2.27. The molecule has 0 fully saturated rings. The van der Waals surface area contributed by atoms with E-state index in [0.29, 0.717) is 0 Å². The van der Waals surface area contributed by atoms with Gasteiger partial charge in [-0.3, -0.25) is 4.79 Å². The second-order valence-electron chi connectivity index (χ2n) is 3.99. The number of hydrogen-bond acceptors (Lipinski definition) is 3. The van der Waals surface area contributed by atoms with Crippen molar-refractivity contribution in [1.82, 2.24) is 4.90 Å². The number of benzene rings is 1. The van der Waals surface area contributed by atoms with Crippen LogP contribution in [0.2, 0.25) is 0 Å². The summed E-state index contributed by atoms with van der Waals surface area (Å²) in [5.41, 5.74) is 0.187. The molecule has 1 rings (SSSR count). The third kappa shape index (κ3) is 4.38. The van der Waals surface area contributed by atoms with Gasteiger partial charge in [-0.15, -0.1) is 0 Å². The predicted octanol–water partition coefficient (Wildman–Crippen LogP) is 1.70. The first-order valence-corrected chi connectivity index (χ1v) is 7.94. The molecule has 0 spiro atoms. The molecule has 0 atom stereocenters. The molecule has 0 radical (unpaired) electrons. The third-order valence-electron chi connectivity index (χ3n) is 2.31. The lowest BCUT2D eigenvalue weighted by atomic mass is 10.2. The van der Waals surface area contributed by atoms with Gasteiger partial charge in [0.1, 0.15) is 15.7 Å². The van der Waals surface area contributed by atoms with Crippen molar-refractivity contribution in [3.8, 4) is 0 Å². The summed E-state index contributed by atoms with van der Waals surface area (Å²) in [5.74, 6) is -1.06. The van der Waals surface area contributed by atoms with Crippen LogP contribution in [0.5, 0.6) is 0 Å². The van der Waals surface area contributed by atoms with Crippen LogP contribution in [0, 0.1) is 5.82 Å². The molecule has 0 N–H and O–H groups in total. The van der Waals surface area contributed by atoms with Gasteiger partial charge in [0, 0.05) is 25.4 Å². The van der Waals surface area contributed by atoms with Gasteiger partial charge >= 0.3 is 0 Å². The van der Waals surface area contributed by atoms with Crippen molar-refractivity contribution in [2.24, 2.45) is 0 Å². The van der Waals surface area contributed by atoms with E-state index in [-0.39, 0.29) is 22.3 Å². The van der Waals surface area contributed by atoms with Gasteiger partial charge in [-0.1, -0.05) is 0 Å². The summed E-state index contributed by atoms with van der Waals surface area (Å²) in [6.45, 7) is 0.0787. The molecule has 0 aromatic heterocycles. The highest BCUT2D eigenvalue weighted by molar-refractivity contribution is 9.10. The summed E-state index contributed by atoms with van der Waals surface area (Å²) in [4.78, 5) is 13.1. The maximum Gasteiger partial charge on any atom is 0.253 e. The third-order valence-corrected chi connectivity index (χ3v) is 3.88. The fraction of sp³-hybridized carbons (Fsp3) is 0.364. The molecule has 0 saturated heterocycles. The van der Waals surface area contributed by atoms with Crippen LogP contribution in [0.15, 0.2) is 22.7 Å². The molecule has 18 heavy (non-hydrogen) atoms. The highest BCUT2D eigenvalue weighted by Gasteiger charge is 2.15. The fourth-order valence-electron chi connectivity index (χ4n) is 1.25. The molecule has 0 bridgehead atoms. The number of sulfone groups is 1. The van der Waals surface area contributed by atoms with E-state index in [9.17, 15) is 17.6 Å². The molecule has 4 nitrogen and oxygen atoms in total. The predicted molar refractivity (Wildman–Crippen MR) is 70.8 cm³/mol. The minimum Gasteiger partial charge on any atom is -0.341 e. The van der Waals surface area contributed by atoms with Gasteiger partial charge in [0.15, 0.2) is 0 Å². The Kier molecular flexibility index (Phi) is 4.86. The maximum atomic E-state index is 13.3. The summed E-state index contributed by atoms with van der Waals surface area (Å²) in [6, 6.07) is 4.03. The lowest BCUT2D eigenvalue weighted by molar-refractivity contribution is 0.0803. The van der Waals surface area contributed by atoms with Gasteiger partial charge in [0.05, 0.1) is 10.2 Å². The van der Waals surface area contributed by atoms with Crippen molar-refractivity contribution in [3.63, 3.8) is 0 Å². The van der Waals surface area contributed by atoms with Crippen molar-refractivity contribution in [2.45, 2.75) is 0 Å². The first-order chi connectivity index (χ1) is 8.20. The van der Waals surface area contributed by atoms with E-state index >= 15 is 0 Å². The minimum atomic E-state index is -3.13. The number of nitrogens with zero attached hydrogens (tertiary/aromatic N) is 1. The van der Waals surface area contributed by atoms with Gasteiger partial charge in [-0.2, -0.15) is 0 Å². The lowest BCUT2D eigenvalue weighted by Gasteiger charge is -2.16. The number of amides is 1. The first-order valence-electron chi connectivity index (χ1n) is 5.09. The van der Waals surface area contributed by atoms with Crippen LogP contribution in [-0.2, 0) is 9.84 Å². The molecule has 0 heterocycles. The molecule has 0 aliphatic rings. The van der Waals surface area contributed by atoms with Crippen molar-refractivity contribution in [2.75, 3.05) is 25.6 Å². The molecule has 1 aromatic rings. The molecule has 1 aromatic carbocycles. The normalized spacial score (nSPS) is 11.3. The smallest absolute Gasteiger partial charge is 0.253 e. The maximum absolute atomic E-state index is 13.3. The van der Waals surface area contributed by atoms with Gasteiger partial charge in [-0.25, -0.2) is 12.8 Å². The van der Waals surface area contributed by atoms with Gasteiger partial charge < -0.3 is 4.90 Å². The van der Waals surface area contributed by atoms with Crippen LogP contribution < -0.4 is 0 Å². The Bertz CT molecular complexity index is 559. The van der Waals surface area contributed by atoms with E-state index in [0.717, 1.165) is 12.3 Å². The van der Waals surface area contributed by atoms with Gasteiger partial charge in [0.25, 0.3) is 5.91 Å². The molecule has 1 amide bonds. The van der Waals surface area contributed by atoms with E-state index in [1.54, 1.807) is 0 Å². The molecule has 0 saturated carbocycles. The number of carbonyl (C=O) groups excluding carboxylic acids is 1. The summed E-state index contributed by atoms with van der Waals surface area (Å²) in [6.07, 6.45) is 1.10. The van der Waals surface area contributed by atoms with Crippen LogP contribution in [0.25, 0.3) is 0 Å². The first kappa shape index (κ1) is 15.1. The molecule has 0 aliphatic carbocycles. The highest BCUT2D eigenvalue weighted by Crippen LogP contribution is 2.17. The second-order valence-corrected chi connectivity index (χ2v) is 7.10. The van der Waals surface area contributed by atoms with E-state index in [2.05, 4.69) is 15.9 Å².